The van der Waals surface area contributed by atoms with E-state index in [9.17, 15) is 33.0 Å². The maximum atomic E-state index is 13.8. The minimum atomic E-state index is -4.83. The van der Waals surface area contributed by atoms with Gasteiger partial charge in [0.25, 0.3) is 0 Å². The minimum Gasteiger partial charge on any atom is -0.504 e. The first kappa shape index (κ1) is 27.3. The number of rotatable bonds is 6. The molecule has 216 valence electrons. The number of halogens is 3. The summed E-state index contributed by atoms with van der Waals surface area (Å²) in [7, 11) is 1.60. The number of likely N-dealkylation sites (tertiary alicyclic amines) is 1. The van der Waals surface area contributed by atoms with Crippen LogP contribution in [0.4, 0.5) is 13.2 Å². The fourth-order valence-corrected chi connectivity index (χ4v) is 7.49. The van der Waals surface area contributed by atoms with Gasteiger partial charge in [0.1, 0.15) is 23.5 Å². The largest absolute Gasteiger partial charge is 0.573 e. The van der Waals surface area contributed by atoms with E-state index < -0.39 is 47.2 Å². The number of nitrogens with zero attached hydrogens (tertiary/aromatic N) is 2. The molecule has 2 fully saturated rings. The number of carbonyl (C=O) groups is 2. The van der Waals surface area contributed by atoms with Gasteiger partial charge < -0.3 is 24.6 Å². The lowest BCUT2D eigenvalue weighted by Gasteiger charge is -2.63. The number of piperidine rings is 1. The molecule has 6 rings (SSSR count). The summed E-state index contributed by atoms with van der Waals surface area (Å²) in [5, 5.41) is 23.1. The Balaban J connectivity index is 1.33. The molecular formula is C30H29F3N2O6. The summed E-state index contributed by atoms with van der Waals surface area (Å²) in [6.45, 7) is 4.71. The molecule has 11 heteroatoms. The molecule has 2 N–H and O–H groups in total. The van der Waals surface area contributed by atoms with Crippen LogP contribution in [0.3, 0.4) is 0 Å². The van der Waals surface area contributed by atoms with Crippen molar-refractivity contribution in [2.75, 3.05) is 20.1 Å². The molecule has 4 aliphatic rings. The van der Waals surface area contributed by atoms with Crippen LogP contribution in [0.1, 0.15) is 40.7 Å². The van der Waals surface area contributed by atoms with E-state index in [-0.39, 0.29) is 23.7 Å². The van der Waals surface area contributed by atoms with Crippen LogP contribution in [0.5, 0.6) is 17.2 Å². The van der Waals surface area contributed by atoms with Gasteiger partial charge in [-0.25, -0.2) is 0 Å². The van der Waals surface area contributed by atoms with E-state index >= 15 is 0 Å². The Labute approximate surface area is 234 Å². The number of hydrogen-bond donors (Lipinski definition) is 2. The molecule has 0 aromatic heterocycles. The van der Waals surface area contributed by atoms with Crippen LogP contribution in [-0.4, -0.2) is 82.0 Å². The second kappa shape index (κ2) is 9.35. The van der Waals surface area contributed by atoms with Crippen molar-refractivity contribution in [1.29, 1.82) is 0 Å². The van der Waals surface area contributed by atoms with Crippen LogP contribution in [0.2, 0.25) is 0 Å². The average Bonchev–Trinajstić information content (AvgIpc) is 3.26. The van der Waals surface area contributed by atoms with Crippen molar-refractivity contribution in [3.05, 3.63) is 71.8 Å². The molecule has 1 saturated heterocycles. The molecule has 2 aromatic carbocycles. The number of aromatic hydroxyl groups is 1. The standard InChI is InChI=1S/C30H29F3N2O6/c1-3-14-35-15-13-28-23-19-8-9-21(36)25(23)40-27(28)20(11-12-29(28,39)26(35)24(19)38)34(2)22(37)10-7-17-5-4-6-18(16-17)41-30(31,32)33/h3-10,16,20,26-27,36,39H,1,11-15H2,2H3/t20-,26+,27-,28-,29+/m0/s1. The Morgan fingerprint density at radius 1 is 1.29 bits per heavy atom. The van der Waals surface area contributed by atoms with Crippen molar-refractivity contribution in [1.82, 2.24) is 9.80 Å². The molecule has 0 radical (unpaired) electrons. The number of amides is 1. The number of benzene rings is 2. The van der Waals surface area contributed by atoms with E-state index in [1.54, 1.807) is 25.3 Å². The number of hydrogen-bond acceptors (Lipinski definition) is 7. The van der Waals surface area contributed by atoms with Crippen LogP contribution in [0, 0.1) is 0 Å². The molecule has 5 atom stereocenters. The number of ether oxygens (including phenoxy) is 2. The van der Waals surface area contributed by atoms with Crippen LogP contribution in [0.25, 0.3) is 6.08 Å². The summed E-state index contributed by atoms with van der Waals surface area (Å²) in [5.41, 5.74) is -1.27. The van der Waals surface area contributed by atoms with Crippen molar-refractivity contribution in [2.45, 2.75) is 54.8 Å². The number of alkyl halides is 3. The third kappa shape index (κ3) is 3.97. The van der Waals surface area contributed by atoms with Crippen LogP contribution in [-0.2, 0) is 10.2 Å². The van der Waals surface area contributed by atoms with Crippen molar-refractivity contribution in [3.8, 4) is 17.2 Å². The Morgan fingerprint density at radius 3 is 2.80 bits per heavy atom. The van der Waals surface area contributed by atoms with Crippen LogP contribution in [0.15, 0.2) is 55.1 Å². The number of aliphatic hydroxyl groups is 1. The molecule has 41 heavy (non-hydrogen) atoms. The average molecular weight is 571 g/mol. The zero-order valence-corrected chi connectivity index (χ0v) is 22.2. The second-order valence-corrected chi connectivity index (χ2v) is 11.1. The fraction of sp³-hybridized carbons (Fsp3) is 0.400. The van der Waals surface area contributed by atoms with Gasteiger partial charge in [0.2, 0.25) is 5.91 Å². The normalized spacial score (nSPS) is 30.1. The van der Waals surface area contributed by atoms with E-state index in [1.165, 1.54) is 41.3 Å². The molecule has 0 unspecified atom stereocenters. The number of Topliss-reactive ketones (excluding diaryl/α,β-unsaturated/α-hetero) is 1. The molecule has 2 aromatic rings. The van der Waals surface area contributed by atoms with Gasteiger partial charge >= 0.3 is 6.36 Å². The highest BCUT2D eigenvalue weighted by Gasteiger charge is 2.75. The smallest absolute Gasteiger partial charge is 0.504 e. The first-order chi connectivity index (χ1) is 19.4. The highest BCUT2D eigenvalue weighted by atomic mass is 19.4. The Hall–Kier alpha value is -3.83. The maximum absolute atomic E-state index is 13.8. The molecule has 1 saturated carbocycles. The minimum absolute atomic E-state index is 0.136. The summed E-state index contributed by atoms with van der Waals surface area (Å²) < 4.78 is 48.2. The number of ketones is 1. The summed E-state index contributed by atoms with van der Waals surface area (Å²) in [6.07, 6.45) is -0.237. The first-order valence-electron chi connectivity index (χ1n) is 13.4. The van der Waals surface area contributed by atoms with E-state index in [4.69, 9.17) is 4.74 Å². The zero-order valence-electron chi connectivity index (χ0n) is 22.2. The van der Waals surface area contributed by atoms with Gasteiger partial charge in [-0.2, -0.15) is 0 Å². The van der Waals surface area contributed by atoms with Gasteiger partial charge in [-0.3, -0.25) is 14.5 Å². The molecular weight excluding hydrogens is 541 g/mol. The van der Waals surface area contributed by atoms with Crippen LogP contribution < -0.4 is 9.47 Å². The van der Waals surface area contributed by atoms with Gasteiger partial charge in [-0.05, 0) is 55.2 Å². The van der Waals surface area contributed by atoms with E-state index in [2.05, 4.69) is 11.3 Å². The van der Waals surface area contributed by atoms with E-state index in [1.807, 2.05) is 4.90 Å². The van der Waals surface area contributed by atoms with Gasteiger partial charge in [0, 0.05) is 37.3 Å². The third-order valence-corrected chi connectivity index (χ3v) is 9.10. The van der Waals surface area contributed by atoms with Crippen molar-refractivity contribution in [3.63, 3.8) is 0 Å². The second-order valence-electron chi connectivity index (χ2n) is 11.1. The zero-order chi connectivity index (χ0) is 29.3. The maximum Gasteiger partial charge on any atom is 0.573 e. The quantitative estimate of drug-likeness (QED) is 0.403. The third-order valence-electron chi connectivity index (χ3n) is 9.10. The lowest BCUT2D eigenvalue weighted by atomic mass is 9.48. The number of carbonyl (C=O) groups excluding carboxylic acids is 2. The fourth-order valence-electron chi connectivity index (χ4n) is 7.49. The topological polar surface area (TPSA) is 99.5 Å². The SMILES string of the molecule is C=CCN1CC[C@]23c4c5ccc(O)c4O[C@H]2[C@@H](N(C)C(=O)C=Cc2cccc(OC(F)(F)F)c2)CC[C@@]3(O)[C@H]1C5=O. The Morgan fingerprint density at radius 2 is 2.07 bits per heavy atom. The molecule has 1 amide bonds. The van der Waals surface area contributed by atoms with Crippen LogP contribution >= 0.6 is 0 Å². The van der Waals surface area contributed by atoms with E-state index in [0.29, 0.717) is 42.6 Å². The molecule has 1 spiro atoms. The van der Waals surface area contributed by atoms with Crippen molar-refractivity contribution in [2.24, 2.45) is 0 Å². The van der Waals surface area contributed by atoms with Gasteiger partial charge in [-0.15, -0.1) is 19.8 Å². The van der Waals surface area contributed by atoms with Gasteiger partial charge in [-0.1, -0.05) is 18.2 Å². The van der Waals surface area contributed by atoms with Crippen molar-refractivity contribution < 1.29 is 42.4 Å². The van der Waals surface area contributed by atoms with Gasteiger partial charge in [0.15, 0.2) is 17.3 Å². The number of phenolic OH excluding ortho intramolecular Hbond substituents is 1. The predicted octanol–water partition coefficient (Wildman–Crippen LogP) is 3.81. The lowest BCUT2D eigenvalue weighted by Crippen LogP contribution is -2.79. The number of phenols is 1. The predicted molar refractivity (Wildman–Crippen MR) is 142 cm³/mol. The molecule has 2 bridgehead atoms. The first-order valence-corrected chi connectivity index (χ1v) is 13.4. The van der Waals surface area contributed by atoms with Gasteiger partial charge in [0.05, 0.1) is 11.5 Å². The summed E-state index contributed by atoms with van der Waals surface area (Å²) in [5.74, 6) is -1.02. The molecule has 2 aliphatic carbocycles. The van der Waals surface area contributed by atoms with Crippen molar-refractivity contribution >= 4 is 17.8 Å². The summed E-state index contributed by atoms with van der Waals surface area (Å²) >= 11 is 0. The molecule has 8 nitrogen and oxygen atoms in total. The monoisotopic (exact) mass is 570 g/mol. The summed E-state index contributed by atoms with van der Waals surface area (Å²) in [4.78, 5) is 30.6. The lowest BCUT2D eigenvalue weighted by molar-refractivity contribution is -0.274. The van der Waals surface area contributed by atoms with E-state index in [0.717, 1.165) is 0 Å². The highest BCUT2D eigenvalue weighted by molar-refractivity contribution is 6.06. The molecule has 2 aliphatic heterocycles. The summed E-state index contributed by atoms with van der Waals surface area (Å²) in [6, 6.07) is 6.93. The molecule has 2 heterocycles. The highest BCUT2D eigenvalue weighted by Crippen LogP contribution is 2.65. The number of likely N-dealkylation sites (N-methyl/N-ethyl adjacent to an activating group) is 1. The Kier molecular flexibility index (Phi) is 6.24. The Bertz CT molecular complexity index is 1470.